The summed E-state index contributed by atoms with van der Waals surface area (Å²) in [6.07, 6.45) is 17.6. The van der Waals surface area contributed by atoms with Crippen molar-refractivity contribution in [1.82, 2.24) is 4.90 Å². The van der Waals surface area contributed by atoms with Gasteiger partial charge in [0.1, 0.15) is 0 Å². The molecule has 1 N–H and O–H groups in total. The van der Waals surface area contributed by atoms with Gasteiger partial charge < -0.3 is 10.2 Å². The predicted octanol–water partition coefficient (Wildman–Crippen LogP) is 6.61. The molecule has 0 radical (unpaired) electrons. The lowest BCUT2D eigenvalue weighted by atomic mass is 9.53. The minimum absolute atomic E-state index is 0.0276. The van der Waals surface area contributed by atoms with Crippen LogP contribution in [0.5, 0.6) is 0 Å². The summed E-state index contributed by atoms with van der Waals surface area (Å²) in [4.78, 5) is 15.1. The Labute approximate surface area is 221 Å². The minimum atomic E-state index is -0.349. The molecule has 0 spiro atoms. The Morgan fingerprint density at radius 3 is 2.35 bits per heavy atom. The number of nitrogens with one attached hydrogen (secondary N) is 1. The summed E-state index contributed by atoms with van der Waals surface area (Å²) in [6.45, 7) is 2.17. The van der Waals surface area contributed by atoms with Gasteiger partial charge in [-0.15, -0.1) is 6.42 Å². The zero-order valence-corrected chi connectivity index (χ0v) is 21.9. The van der Waals surface area contributed by atoms with Crippen LogP contribution < -0.4 is 5.32 Å². The summed E-state index contributed by atoms with van der Waals surface area (Å²) >= 11 is 0. The highest BCUT2D eigenvalue weighted by Gasteiger charge is 2.51. The molecule has 4 fully saturated rings. The molecule has 5 aliphatic rings. The number of hydrogen-bond acceptors (Lipinski definition) is 3. The van der Waals surface area contributed by atoms with Crippen LogP contribution in [0.3, 0.4) is 0 Å². The molecule has 1 aliphatic heterocycles. The average Bonchev–Trinajstić information content (AvgIpc) is 2.89. The Kier molecular flexibility index (Phi) is 6.24. The molecule has 4 aliphatic carbocycles. The number of carbonyl (C=O) groups is 1. The first-order chi connectivity index (χ1) is 18.0. The van der Waals surface area contributed by atoms with E-state index in [2.05, 4.69) is 54.6 Å². The van der Waals surface area contributed by atoms with Crippen molar-refractivity contribution in [2.45, 2.75) is 88.8 Å². The maximum Gasteiger partial charge on any atom is 0.299 e. The third-order valence-electron chi connectivity index (χ3n) is 9.64. The van der Waals surface area contributed by atoms with E-state index < -0.39 is 0 Å². The Hall–Kier alpha value is -3.24. The maximum atomic E-state index is 13.2. The summed E-state index contributed by atoms with van der Waals surface area (Å²) in [6, 6.07) is 16.6. The van der Waals surface area contributed by atoms with Gasteiger partial charge in [0.25, 0.3) is 5.91 Å². The van der Waals surface area contributed by atoms with Gasteiger partial charge in [-0.05, 0) is 104 Å². The number of fused-ring (bicyclic) bond motifs is 1. The van der Waals surface area contributed by atoms with E-state index in [-0.39, 0.29) is 23.5 Å². The number of amides is 1. The van der Waals surface area contributed by atoms with E-state index in [0.717, 1.165) is 65.8 Å². The topological polar surface area (TPSA) is 56.1 Å². The molecule has 4 saturated carbocycles. The second kappa shape index (κ2) is 9.57. The molecule has 7 rings (SSSR count). The fourth-order valence-corrected chi connectivity index (χ4v) is 8.60. The van der Waals surface area contributed by atoms with Crippen molar-refractivity contribution < 1.29 is 4.79 Å². The molecule has 37 heavy (non-hydrogen) atoms. The van der Waals surface area contributed by atoms with E-state index in [1.54, 1.807) is 0 Å². The first kappa shape index (κ1) is 24.1. The van der Waals surface area contributed by atoms with E-state index in [9.17, 15) is 10.1 Å². The molecular formula is C33H37N3O. The van der Waals surface area contributed by atoms with Crippen LogP contribution in [0.4, 0.5) is 5.69 Å². The van der Waals surface area contributed by atoms with Crippen molar-refractivity contribution >= 4 is 11.6 Å². The average molecular weight is 492 g/mol. The van der Waals surface area contributed by atoms with E-state index in [0.29, 0.717) is 5.56 Å². The number of anilines is 1. The molecule has 1 amide bonds. The Morgan fingerprint density at radius 2 is 1.76 bits per heavy atom. The van der Waals surface area contributed by atoms with Gasteiger partial charge in [-0.3, -0.25) is 4.79 Å². The van der Waals surface area contributed by atoms with Crippen molar-refractivity contribution in [3.63, 3.8) is 0 Å². The lowest BCUT2D eigenvalue weighted by molar-refractivity contribution is -0.130. The van der Waals surface area contributed by atoms with Crippen LogP contribution in [-0.4, -0.2) is 22.4 Å². The highest BCUT2D eigenvalue weighted by Crippen LogP contribution is 2.56. The fraction of sp³-hybridized carbons (Fsp3) is 0.515. The van der Waals surface area contributed by atoms with Crippen LogP contribution in [0.25, 0.3) is 0 Å². The van der Waals surface area contributed by atoms with Crippen LogP contribution in [-0.2, 0) is 11.2 Å². The third-order valence-corrected chi connectivity index (χ3v) is 9.64. The molecule has 2 aromatic rings. The van der Waals surface area contributed by atoms with Crippen LogP contribution in [0, 0.1) is 41.4 Å². The molecule has 0 aromatic heterocycles. The first-order valence-corrected chi connectivity index (χ1v) is 14.2. The van der Waals surface area contributed by atoms with Crippen molar-refractivity contribution in [2.75, 3.05) is 5.32 Å². The molecule has 1 heterocycles. The summed E-state index contributed by atoms with van der Waals surface area (Å²) in [5, 5.41) is 14.0. The van der Waals surface area contributed by atoms with Gasteiger partial charge in [-0.2, -0.15) is 5.26 Å². The van der Waals surface area contributed by atoms with Crippen molar-refractivity contribution in [3.05, 3.63) is 64.7 Å². The molecular weight excluding hydrogens is 454 g/mol. The van der Waals surface area contributed by atoms with Crippen LogP contribution in [0.15, 0.2) is 42.5 Å². The van der Waals surface area contributed by atoms with Crippen LogP contribution >= 0.6 is 0 Å². The third kappa shape index (κ3) is 4.31. The second-order valence-electron chi connectivity index (χ2n) is 12.2. The van der Waals surface area contributed by atoms with Gasteiger partial charge in [0.2, 0.25) is 0 Å². The molecule has 4 heteroatoms. The largest absolute Gasteiger partial charge is 0.380 e. The zero-order valence-electron chi connectivity index (χ0n) is 21.9. The number of nitrogens with zero attached hydrogens (tertiary/aromatic N) is 2. The van der Waals surface area contributed by atoms with Crippen molar-refractivity contribution in [1.29, 1.82) is 5.26 Å². The summed E-state index contributed by atoms with van der Waals surface area (Å²) < 4.78 is 0. The minimum Gasteiger partial charge on any atom is -0.380 e. The first-order valence-electron chi connectivity index (χ1n) is 14.2. The number of unbranched alkanes of at least 4 members (excludes halogenated alkanes) is 1. The number of nitriles is 1. The standard InChI is InChI=1S/C33H37N3O/c1-3-5-9-29-17-26-7-6-8-27(21-34)31(26)32(36(29)30(37)4-2)25-10-12-28(13-11-25)35-33-18-22-14-23(19-33)16-24(15-22)20-33/h2,6-8,10-13,22-24,29,32,35H,3,5,9,14-20H2,1H3/t22?,23?,24?,29-,32?,33?/m0/s1. The normalized spacial score (nSPS) is 31.3. The van der Waals surface area contributed by atoms with E-state index in [4.69, 9.17) is 6.42 Å². The summed E-state index contributed by atoms with van der Waals surface area (Å²) in [5.41, 5.74) is 5.14. The molecule has 0 saturated heterocycles. The van der Waals surface area contributed by atoms with Gasteiger partial charge in [-0.1, -0.05) is 44.0 Å². The smallest absolute Gasteiger partial charge is 0.299 e. The SMILES string of the molecule is C#CC(=O)N1C(c2ccc(NC34CC5CC(CC(C5)C3)C4)cc2)c2c(C#N)cccc2C[C@@H]1CCCC. The van der Waals surface area contributed by atoms with Crippen LogP contribution in [0.1, 0.15) is 93.0 Å². The lowest BCUT2D eigenvalue weighted by Gasteiger charge is -2.57. The van der Waals surface area contributed by atoms with Crippen molar-refractivity contribution in [3.8, 4) is 18.4 Å². The van der Waals surface area contributed by atoms with Gasteiger partial charge in [-0.25, -0.2) is 0 Å². The van der Waals surface area contributed by atoms with Gasteiger partial charge in [0, 0.05) is 22.8 Å². The predicted molar refractivity (Wildman–Crippen MR) is 147 cm³/mol. The molecule has 2 aromatic carbocycles. The fourth-order valence-electron chi connectivity index (χ4n) is 8.60. The molecule has 4 nitrogen and oxygen atoms in total. The van der Waals surface area contributed by atoms with Crippen molar-refractivity contribution in [2.24, 2.45) is 17.8 Å². The molecule has 2 atom stereocenters. The number of benzene rings is 2. The maximum absolute atomic E-state index is 13.2. The van der Waals surface area contributed by atoms with E-state index in [1.807, 2.05) is 17.0 Å². The van der Waals surface area contributed by atoms with Gasteiger partial charge in [0.05, 0.1) is 17.7 Å². The molecule has 190 valence electrons. The number of rotatable bonds is 6. The van der Waals surface area contributed by atoms with Gasteiger partial charge >= 0.3 is 0 Å². The monoisotopic (exact) mass is 491 g/mol. The lowest BCUT2D eigenvalue weighted by Crippen LogP contribution is -2.54. The highest BCUT2D eigenvalue weighted by atomic mass is 16.2. The van der Waals surface area contributed by atoms with E-state index >= 15 is 0 Å². The quantitative estimate of drug-likeness (QED) is 0.463. The summed E-state index contributed by atoms with van der Waals surface area (Å²) in [7, 11) is 0. The Balaban J connectivity index is 1.35. The van der Waals surface area contributed by atoms with Crippen LogP contribution in [0.2, 0.25) is 0 Å². The Bertz CT molecular complexity index is 1230. The second-order valence-corrected chi connectivity index (χ2v) is 12.2. The highest BCUT2D eigenvalue weighted by molar-refractivity contribution is 5.94. The van der Waals surface area contributed by atoms with Gasteiger partial charge in [0.15, 0.2) is 0 Å². The van der Waals surface area contributed by atoms with E-state index in [1.165, 1.54) is 38.5 Å². The number of hydrogen-bond donors (Lipinski definition) is 1. The molecule has 4 bridgehead atoms. The zero-order chi connectivity index (χ0) is 25.6. The Morgan fingerprint density at radius 1 is 1.08 bits per heavy atom. The molecule has 1 unspecified atom stereocenters. The summed E-state index contributed by atoms with van der Waals surface area (Å²) in [5.74, 6) is 4.79. The number of carbonyl (C=O) groups excluding carboxylic acids is 1. The number of terminal acetylenes is 1.